The monoisotopic (exact) mass is 211 g/mol. The highest BCUT2D eigenvalue weighted by molar-refractivity contribution is 5.17. The van der Waals surface area contributed by atoms with Gasteiger partial charge in [0.2, 0.25) is 0 Å². The van der Waals surface area contributed by atoms with Crippen LogP contribution < -0.4 is 5.32 Å². The summed E-state index contributed by atoms with van der Waals surface area (Å²) in [7, 11) is 0. The Morgan fingerprint density at radius 3 is 2.60 bits per heavy atom. The minimum atomic E-state index is -0.803. The topological polar surface area (TPSA) is 12.0 Å². The van der Waals surface area contributed by atoms with Gasteiger partial charge in [-0.25, -0.2) is 8.78 Å². The van der Waals surface area contributed by atoms with Crippen LogP contribution in [0.3, 0.4) is 0 Å². The van der Waals surface area contributed by atoms with Gasteiger partial charge in [-0.15, -0.1) is 0 Å². The Hall–Kier alpha value is -1.22. The zero-order chi connectivity index (χ0) is 11.3. The number of nitrogens with one attached hydrogen (secondary N) is 1. The van der Waals surface area contributed by atoms with Crippen molar-refractivity contribution in [3.8, 4) is 0 Å². The summed E-state index contributed by atoms with van der Waals surface area (Å²) in [6.07, 6.45) is 2.04. The fourth-order valence-corrected chi connectivity index (χ4v) is 1.14. The maximum absolute atomic E-state index is 12.8. The largest absolute Gasteiger partial charge is 0.309 e. The first-order chi connectivity index (χ1) is 7.09. The minimum absolute atomic E-state index is 0.543. The number of allylic oxidation sites excluding steroid dienone is 1. The van der Waals surface area contributed by atoms with Crippen molar-refractivity contribution >= 4 is 0 Å². The van der Waals surface area contributed by atoms with Crippen LogP contribution in [0, 0.1) is 11.6 Å². The average Bonchev–Trinajstić information content (AvgIpc) is 2.18. The van der Waals surface area contributed by atoms with Crippen LogP contribution in [0.2, 0.25) is 0 Å². The van der Waals surface area contributed by atoms with Gasteiger partial charge < -0.3 is 5.32 Å². The van der Waals surface area contributed by atoms with E-state index in [1.807, 2.05) is 19.9 Å². The molecule has 0 saturated carbocycles. The van der Waals surface area contributed by atoms with E-state index in [1.165, 1.54) is 11.6 Å². The highest BCUT2D eigenvalue weighted by Crippen LogP contribution is 2.08. The van der Waals surface area contributed by atoms with Crippen LogP contribution in [-0.4, -0.2) is 6.54 Å². The average molecular weight is 211 g/mol. The summed E-state index contributed by atoms with van der Waals surface area (Å²) in [4.78, 5) is 0. The summed E-state index contributed by atoms with van der Waals surface area (Å²) in [5.74, 6) is -1.60. The Morgan fingerprint density at radius 1 is 1.27 bits per heavy atom. The maximum atomic E-state index is 12.8. The van der Waals surface area contributed by atoms with Crippen molar-refractivity contribution in [1.82, 2.24) is 5.32 Å². The standard InChI is InChI=1S/C12H15F2N/c1-9(2)5-6-15-8-10-3-4-11(13)12(14)7-10/h3-5,7,15H,6,8H2,1-2H3. The molecular formula is C12H15F2N. The SMILES string of the molecule is CC(C)=CCNCc1ccc(F)c(F)c1. The van der Waals surface area contributed by atoms with E-state index in [9.17, 15) is 8.78 Å². The lowest BCUT2D eigenvalue weighted by atomic mass is 10.2. The second-order valence-electron chi connectivity index (χ2n) is 3.66. The van der Waals surface area contributed by atoms with Gasteiger partial charge in [0, 0.05) is 13.1 Å². The molecule has 15 heavy (non-hydrogen) atoms. The Labute approximate surface area is 88.8 Å². The minimum Gasteiger partial charge on any atom is -0.309 e. The second-order valence-corrected chi connectivity index (χ2v) is 3.66. The summed E-state index contributed by atoms with van der Waals surface area (Å²) in [6.45, 7) is 5.31. The van der Waals surface area contributed by atoms with Gasteiger partial charge in [0.25, 0.3) is 0 Å². The van der Waals surface area contributed by atoms with Gasteiger partial charge in [-0.1, -0.05) is 17.7 Å². The molecule has 0 saturated heterocycles. The van der Waals surface area contributed by atoms with Crippen molar-refractivity contribution in [2.75, 3.05) is 6.54 Å². The lowest BCUT2D eigenvalue weighted by Gasteiger charge is -2.03. The molecule has 0 unspecified atom stereocenters. The molecule has 0 aromatic heterocycles. The van der Waals surface area contributed by atoms with Gasteiger partial charge in [-0.05, 0) is 31.5 Å². The molecule has 1 aromatic carbocycles. The number of rotatable bonds is 4. The van der Waals surface area contributed by atoms with E-state index in [0.29, 0.717) is 6.54 Å². The molecule has 0 aliphatic carbocycles. The van der Waals surface area contributed by atoms with Gasteiger partial charge >= 0.3 is 0 Å². The van der Waals surface area contributed by atoms with E-state index in [-0.39, 0.29) is 0 Å². The summed E-state index contributed by atoms with van der Waals surface area (Å²) in [5.41, 5.74) is 1.98. The van der Waals surface area contributed by atoms with Crippen LogP contribution in [0.15, 0.2) is 29.8 Å². The predicted molar refractivity (Wildman–Crippen MR) is 57.5 cm³/mol. The van der Waals surface area contributed by atoms with Crippen LogP contribution in [0.1, 0.15) is 19.4 Å². The summed E-state index contributed by atoms with van der Waals surface area (Å²) >= 11 is 0. The van der Waals surface area contributed by atoms with Crippen molar-refractivity contribution in [2.24, 2.45) is 0 Å². The third-order valence-electron chi connectivity index (χ3n) is 1.97. The van der Waals surface area contributed by atoms with E-state index < -0.39 is 11.6 Å². The first-order valence-electron chi connectivity index (χ1n) is 4.87. The van der Waals surface area contributed by atoms with Crippen molar-refractivity contribution < 1.29 is 8.78 Å². The fourth-order valence-electron chi connectivity index (χ4n) is 1.14. The summed E-state index contributed by atoms with van der Waals surface area (Å²) < 4.78 is 25.4. The molecule has 0 aliphatic rings. The Morgan fingerprint density at radius 2 is 2.00 bits per heavy atom. The molecule has 0 spiro atoms. The molecule has 0 fully saturated rings. The van der Waals surface area contributed by atoms with Crippen LogP contribution >= 0.6 is 0 Å². The lowest BCUT2D eigenvalue weighted by molar-refractivity contribution is 0.506. The molecule has 1 aromatic rings. The van der Waals surface area contributed by atoms with Crippen molar-refractivity contribution in [3.63, 3.8) is 0 Å². The van der Waals surface area contributed by atoms with Crippen molar-refractivity contribution in [1.29, 1.82) is 0 Å². The summed E-state index contributed by atoms with van der Waals surface area (Å²) in [6, 6.07) is 3.94. The fraction of sp³-hybridized carbons (Fsp3) is 0.333. The Balaban J connectivity index is 2.44. The second kappa shape index (κ2) is 5.61. The first-order valence-corrected chi connectivity index (χ1v) is 4.87. The van der Waals surface area contributed by atoms with Crippen molar-refractivity contribution in [3.05, 3.63) is 47.0 Å². The van der Waals surface area contributed by atoms with Crippen LogP contribution in [0.5, 0.6) is 0 Å². The quantitative estimate of drug-likeness (QED) is 0.596. The normalized spacial score (nSPS) is 10.1. The molecule has 3 heteroatoms. The van der Waals surface area contributed by atoms with E-state index in [0.717, 1.165) is 18.2 Å². The molecule has 0 heterocycles. The van der Waals surface area contributed by atoms with E-state index in [1.54, 1.807) is 6.07 Å². The molecule has 1 N–H and O–H groups in total. The third kappa shape index (κ3) is 4.21. The molecule has 1 rings (SSSR count). The maximum Gasteiger partial charge on any atom is 0.159 e. The number of halogens is 2. The van der Waals surface area contributed by atoms with Crippen molar-refractivity contribution in [2.45, 2.75) is 20.4 Å². The molecular weight excluding hydrogens is 196 g/mol. The molecule has 0 radical (unpaired) electrons. The summed E-state index contributed by atoms with van der Waals surface area (Å²) in [5, 5.41) is 3.11. The van der Waals surface area contributed by atoms with E-state index in [4.69, 9.17) is 0 Å². The van der Waals surface area contributed by atoms with Crippen LogP contribution in [0.4, 0.5) is 8.78 Å². The number of hydrogen-bond acceptors (Lipinski definition) is 1. The molecule has 0 bridgehead atoms. The smallest absolute Gasteiger partial charge is 0.159 e. The molecule has 0 atom stereocenters. The lowest BCUT2D eigenvalue weighted by Crippen LogP contribution is -2.13. The zero-order valence-corrected chi connectivity index (χ0v) is 8.98. The number of benzene rings is 1. The Kier molecular flexibility index (Phi) is 4.43. The van der Waals surface area contributed by atoms with E-state index in [2.05, 4.69) is 5.32 Å². The van der Waals surface area contributed by atoms with Gasteiger partial charge in [0.1, 0.15) is 0 Å². The van der Waals surface area contributed by atoms with E-state index >= 15 is 0 Å². The first kappa shape index (κ1) is 11.9. The van der Waals surface area contributed by atoms with Crippen LogP contribution in [-0.2, 0) is 6.54 Å². The van der Waals surface area contributed by atoms with Gasteiger partial charge in [0.05, 0.1) is 0 Å². The zero-order valence-electron chi connectivity index (χ0n) is 8.98. The molecule has 1 nitrogen and oxygen atoms in total. The highest BCUT2D eigenvalue weighted by Gasteiger charge is 2.01. The highest BCUT2D eigenvalue weighted by atomic mass is 19.2. The molecule has 0 aliphatic heterocycles. The molecule has 82 valence electrons. The van der Waals surface area contributed by atoms with Crippen LogP contribution in [0.25, 0.3) is 0 Å². The number of hydrogen-bond donors (Lipinski definition) is 1. The Bertz CT molecular complexity index is 355. The third-order valence-corrected chi connectivity index (χ3v) is 1.97. The van der Waals surface area contributed by atoms with Gasteiger partial charge in [-0.2, -0.15) is 0 Å². The van der Waals surface area contributed by atoms with Gasteiger partial charge in [0.15, 0.2) is 11.6 Å². The van der Waals surface area contributed by atoms with Gasteiger partial charge in [-0.3, -0.25) is 0 Å². The molecule has 0 amide bonds. The predicted octanol–water partition coefficient (Wildman–Crippen LogP) is 3.02.